The van der Waals surface area contributed by atoms with Crippen LogP contribution >= 0.6 is 0 Å². The molecule has 0 saturated carbocycles. The van der Waals surface area contributed by atoms with E-state index in [4.69, 9.17) is 10.00 Å². The lowest BCUT2D eigenvalue weighted by Gasteiger charge is -2.09. The van der Waals surface area contributed by atoms with E-state index in [1.165, 1.54) is 0 Å². The minimum absolute atomic E-state index is 0.0950. The van der Waals surface area contributed by atoms with Crippen molar-refractivity contribution in [2.24, 2.45) is 0 Å². The van der Waals surface area contributed by atoms with Gasteiger partial charge in [0.1, 0.15) is 6.29 Å². The van der Waals surface area contributed by atoms with Crippen molar-refractivity contribution in [3.63, 3.8) is 0 Å². The summed E-state index contributed by atoms with van der Waals surface area (Å²) in [6.07, 6.45) is -2.74. The van der Waals surface area contributed by atoms with Crippen LogP contribution in [0.2, 0.25) is 0 Å². The molecule has 0 fully saturated rings. The Morgan fingerprint density at radius 1 is 1.53 bits per heavy atom. The van der Waals surface area contributed by atoms with E-state index in [0.29, 0.717) is 6.29 Å². The number of nitriles is 1. The predicted octanol–water partition coefficient (Wildman–Crippen LogP) is 2.41. The number of halogens is 2. The third-order valence-corrected chi connectivity index (χ3v) is 2.43. The Hall–Kier alpha value is -2.29. The number of hydrogen-bond acceptors (Lipinski definition) is 4. The molecule has 0 heterocycles. The molecule has 0 unspecified atom stereocenters. The Balaban J connectivity index is 3.26. The van der Waals surface area contributed by atoms with Gasteiger partial charge in [-0.05, 0) is 24.6 Å². The van der Waals surface area contributed by atoms with E-state index < -0.39 is 18.0 Å². The van der Waals surface area contributed by atoms with Crippen LogP contribution in [-0.4, -0.2) is 18.9 Å². The van der Waals surface area contributed by atoms with Gasteiger partial charge in [-0.1, -0.05) is 0 Å². The van der Waals surface area contributed by atoms with Crippen molar-refractivity contribution < 1.29 is 23.1 Å². The maximum Gasteiger partial charge on any atom is 0.310 e. The molecule has 0 N–H and O–H groups in total. The van der Waals surface area contributed by atoms with E-state index in [1.54, 1.807) is 13.0 Å². The zero-order valence-corrected chi connectivity index (χ0v) is 10.2. The highest BCUT2D eigenvalue weighted by Crippen LogP contribution is 2.24. The lowest BCUT2D eigenvalue weighted by molar-refractivity contribution is -0.142. The smallest absolute Gasteiger partial charge is 0.310 e. The molecule has 0 spiro atoms. The van der Waals surface area contributed by atoms with Crippen molar-refractivity contribution in [2.45, 2.75) is 19.8 Å². The van der Waals surface area contributed by atoms with Crippen molar-refractivity contribution in [1.82, 2.24) is 0 Å². The lowest BCUT2D eigenvalue weighted by atomic mass is 9.96. The largest absolute Gasteiger partial charge is 0.466 e. The van der Waals surface area contributed by atoms with Crippen molar-refractivity contribution in [3.8, 4) is 6.07 Å². The van der Waals surface area contributed by atoms with Gasteiger partial charge in [-0.2, -0.15) is 5.26 Å². The predicted molar refractivity (Wildman–Crippen MR) is 61.8 cm³/mol. The average molecular weight is 267 g/mol. The molecule has 0 aromatic heterocycles. The summed E-state index contributed by atoms with van der Waals surface area (Å²) in [5.74, 6) is -0.619. The molecule has 6 heteroatoms. The molecule has 0 saturated heterocycles. The lowest BCUT2D eigenvalue weighted by Crippen LogP contribution is -2.11. The molecule has 0 amide bonds. The Bertz CT molecular complexity index is 535. The first kappa shape index (κ1) is 14.8. The van der Waals surface area contributed by atoms with E-state index in [0.717, 1.165) is 12.1 Å². The van der Waals surface area contributed by atoms with E-state index in [2.05, 4.69) is 0 Å². The SMILES string of the molecule is CCOC(=O)Cc1c(C#N)cc(C(F)F)cc1C=O. The van der Waals surface area contributed by atoms with Gasteiger partial charge in [0, 0.05) is 11.1 Å². The van der Waals surface area contributed by atoms with Crippen LogP contribution in [0.25, 0.3) is 0 Å². The van der Waals surface area contributed by atoms with Crippen LogP contribution in [0, 0.1) is 11.3 Å². The summed E-state index contributed by atoms with van der Waals surface area (Å²) in [4.78, 5) is 22.3. The van der Waals surface area contributed by atoms with Gasteiger partial charge in [0.25, 0.3) is 6.43 Å². The Morgan fingerprint density at radius 3 is 2.68 bits per heavy atom. The number of ether oxygens (including phenoxy) is 1. The number of benzene rings is 1. The van der Waals surface area contributed by atoms with E-state index in [-0.39, 0.29) is 29.7 Å². The molecule has 0 aliphatic rings. The van der Waals surface area contributed by atoms with Gasteiger partial charge < -0.3 is 4.74 Å². The van der Waals surface area contributed by atoms with Gasteiger partial charge in [0.2, 0.25) is 0 Å². The van der Waals surface area contributed by atoms with E-state index in [1.807, 2.05) is 0 Å². The zero-order chi connectivity index (χ0) is 14.4. The third-order valence-electron chi connectivity index (χ3n) is 2.43. The Morgan fingerprint density at radius 2 is 2.21 bits per heavy atom. The number of alkyl halides is 2. The fourth-order valence-corrected chi connectivity index (χ4v) is 1.60. The Kier molecular flexibility index (Phi) is 5.12. The van der Waals surface area contributed by atoms with Crippen molar-refractivity contribution in [1.29, 1.82) is 5.26 Å². The van der Waals surface area contributed by atoms with E-state index in [9.17, 15) is 18.4 Å². The van der Waals surface area contributed by atoms with Crippen LogP contribution in [0.1, 0.15) is 40.4 Å². The molecule has 1 aromatic rings. The number of esters is 1. The van der Waals surface area contributed by atoms with Gasteiger partial charge in [0.15, 0.2) is 0 Å². The first-order valence-electron chi connectivity index (χ1n) is 5.49. The number of carbonyl (C=O) groups is 2. The molecule has 100 valence electrons. The summed E-state index contributed by atoms with van der Waals surface area (Å²) in [5.41, 5.74) is -0.526. The summed E-state index contributed by atoms with van der Waals surface area (Å²) in [6, 6.07) is 3.67. The van der Waals surface area contributed by atoms with Gasteiger partial charge in [-0.3, -0.25) is 9.59 Å². The van der Waals surface area contributed by atoms with Crippen molar-refractivity contribution in [2.75, 3.05) is 6.61 Å². The van der Waals surface area contributed by atoms with Gasteiger partial charge in [-0.15, -0.1) is 0 Å². The van der Waals surface area contributed by atoms with Crippen LogP contribution in [0.4, 0.5) is 8.78 Å². The minimum Gasteiger partial charge on any atom is -0.466 e. The molecule has 0 aliphatic heterocycles. The summed E-state index contributed by atoms with van der Waals surface area (Å²) < 4.78 is 29.9. The average Bonchev–Trinajstić information content (AvgIpc) is 2.38. The third kappa shape index (κ3) is 3.58. The summed E-state index contributed by atoms with van der Waals surface area (Å²) in [5, 5.41) is 8.92. The molecule has 1 aromatic carbocycles. The van der Waals surface area contributed by atoms with Crippen molar-refractivity contribution >= 4 is 12.3 Å². The molecule has 0 bridgehead atoms. The van der Waals surface area contributed by atoms with Crippen molar-refractivity contribution in [3.05, 3.63) is 34.4 Å². The molecular weight excluding hydrogens is 256 g/mol. The van der Waals surface area contributed by atoms with Crippen LogP contribution in [0.3, 0.4) is 0 Å². The van der Waals surface area contributed by atoms with Crippen LogP contribution in [0.15, 0.2) is 12.1 Å². The molecule has 4 nitrogen and oxygen atoms in total. The first-order valence-corrected chi connectivity index (χ1v) is 5.49. The molecule has 0 aliphatic carbocycles. The van der Waals surface area contributed by atoms with Crippen LogP contribution < -0.4 is 0 Å². The molecule has 0 radical (unpaired) electrons. The summed E-state index contributed by atoms with van der Waals surface area (Å²) >= 11 is 0. The topological polar surface area (TPSA) is 67.2 Å². The Labute approximate surface area is 108 Å². The number of carbonyl (C=O) groups excluding carboxylic acids is 2. The second-order valence-corrected chi connectivity index (χ2v) is 3.65. The highest BCUT2D eigenvalue weighted by molar-refractivity contribution is 5.83. The van der Waals surface area contributed by atoms with Crippen LogP contribution in [-0.2, 0) is 16.0 Å². The standard InChI is InChI=1S/C13H11F2NO3/c1-2-19-12(18)5-11-9(6-16)3-8(13(14)15)4-10(11)7-17/h3-4,7,13H,2,5H2,1H3. The fraction of sp³-hybridized carbons (Fsp3) is 0.308. The zero-order valence-electron chi connectivity index (χ0n) is 10.2. The van der Waals surface area contributed by atoms with E-state index >= 15 is 0 Å². The normalized spacial score (nSPS) is 10.1. The second kappa shape index (κ2) is 6.59. The highest BCUT2D eigenvalue weighted by Gasteiger charge is 2.18. The maximum absolute atomic E-state index is 12.6. The molecule has 1 rings (SSSR count). The highest BCUT2D eigenvalue weighted by atomic mass is 19.3. The maximum atomic E-state index is 12.6. The second-order valence-electron chi connectivity index (χ2n) is 3.65. The number of nitrogens with zero attached hydrogens (tertiary/aromatic N) is 1. The summed E-state index contributed by atoms with van der Waals surface area (Å²) in [7, 11) is 0. The number of rotatable bonds is 5. The molecule has 19 heavy (non-hydrogen) atoms. The van der Waals surface area contributed by atoms with Gasteiger partial charge in [-0.25, -0.2) is 8.78 Å². The molecule has 0 atom stereocenters. The van der Waals surface area contributed by atoms with Crippen LogP contribution in [0.5, 0.6) is 0 Å². The minimum atomic E-state index is -2.79. The fourth-order valence-electron chi connectivity index (χ4n) is 1.60. The van der Waals surface area contributed by atoms with Gasteiger partial charge in [0.05, 0.1) is 24.7 Å². The number of hydrogen-bond donors (Lipinski definition) is 0. The molecular formula is C13H11F2NO3. The summed E-state index contributed by atoms with van der Waals surface area (Å²) in [6.45, 7) is 1.77. The quantitative estimate of drug-likeness (QED) is 0.607. The van der Waals surface area contributed by atoms with Gasteiger partial charge >= 0.3 is 5.97 Å². The number of aldehydes is 1. The monoisotopic (exact) mass is 267 g/mol. The first-order chi connectivity index (χ1) is 9.03.